The molecule has 0 amide bonds. The number of carboxylic acids is 2. The van der Waals surface area contributed by atoms with Gasteiger partial charge in [-0.1, -0.05) is 6.07 Å². The number of benzene rings is 1. The number of ether oxygens (including phenoxy) is 1. The number of carbonyl (C=O) groups is 2. The number of carboxylic acid groups (broad SMARTS) is 2. The third kappa shape index (κ3) is 8.47. The summed E-state index contributed by atoms with van der Waals surface area (Å²) < 4.78 is 5.61. The highest BCUT2D eigenvalue weighted by molar-refractivity contribution is 6.27. The summed E-state index contributed by atoms with van der Waals surface area (Å²) in [4.78, 5) is 33.5. The second-order valence-electron chi connectivity index (χ2n) is 6.19. The van der Waals surface area contributed by atoms with Gasteiger partial charge in [0.05, 0.1) is 11.5 Å². The van der Waals surface area contributed by atoms with Crippen molar-refractivity contribution in [2.75, 3.05) is 46.4 Å². The van der Waals surface area contributed by atoms with Gasteiger partial charge in [-0.2, -0.15) is 0 Å². The lowest BCUT2D eigenvalue weighted by molar-refractivity contribution is -0.385. The zero-order valence-corrected chi connectivity index (χ0v) is 15.5. The number of likely N-dealkylation sites (N-methyl/N-ethyl adjacent to an activating group) is 1. The van der Waals surface area contributed by atoms with Crippen LogP contribution in [0.5, 0.6) is 5.75 Å². The molecule has 10 heteroatoms. The van der Waals surface area contributed by atoms with Gasteiger partial charge in [0.2, 0.25) is 0 Å². The third-order valence-electron chi connectivity index (χ3n) is 3.97. The Kier molecular flexibility index (Phi) is 9.17. The average Bonchev–Trinajstić information content (AvgIpc) is 2.60. The van der Waals surface area contributed by atoms with Crippen molar-refractivity contribution in [2.45, 2.75) is 13.3 Å². The first-order valence-electron chi connectivity index (χ1n) is 8.45. The van der Waals surface area contributed by atoms with E-state index in [1.165, 1.54) is 6.07 Å². The molecule has 2 N–H and O–H groups in total. The summed E-state index contributed by atoms with van der Waals surface area (Å²) in [5.74, 6) is -3.27. The summed E-state index contributed by atoms with van der Waals surface area (Å²) in [5, 5.41) is 25.7. The molecule has 1 aliphatic heterocycles. The van der Waals surface area contributed by atoms with E-state index in [2.05, 4.69) is 16.8 Å². The van der Waals surface area contributed by atoms with Crippen molar-refractivity contribution in [3.05, 3.63) is 33.9 Å². The molecule has 0 aliphatic carbocycles. The van der Waals surface area contributed by atoms with Crippen LogP contribution in [0.25, 0.3) is 0 Å². The number of rotatable bonds is 6. The molecule has 1 heterocycles. The van der Waals surface area contributed by atoms with Crippen molar-refractivity contribution in [2.24, 2.45) is 0 Å². The first-order valence-corrected chi connectivity index (χ1v) is 8.45. The molecule has 1 aromatic carbocycles. The minimum Gasteiger partial charge on any atom is -0.487 e. The molecule has 1 fully saturated rings. The summed E-state index contributed by atoms with van der Waals surface area (Å²) in [6, 6.07) is 4.97. The number of nitro benzene ring substituents is 1. The average molecular weight is 383 g/mol. The van der Waals surface area contributed by atoms with Crippen molar-refractivity contribution in [3.63, 3.8) is 0 Å². The molecule has 2 rings (SSSR count). The summed E-state index contributed by atoms with van der Waals surface area (Å²) in [5.41, 5.74) is 1.01. The third-order valence-corrected chi connectivity index (χ3v) is 3.97. The molecule has 1 aliphatic rings. The lowest BCUT2D eigenvalue weighted by Gasteiger charge is -2.32. The predicted molar refractivity (Wildman–Crippen MR) is 97.2 cm³/mol. The standard InChI is InChI=1S/C15H23N3O3.C2H2O4/c1-13-4-5-14(18(19)20)15(12-13)21-11-3-6-17-9-7-16(2)8-10-17;3-1(4)2(5)6/h4-5,12H,3,6-11H2,1-2H3;(H,3,4)(H,5,6). The Hall–Kier alpha value is -2.72. The molecule has 0 unspecified atom stereocenters. The molecule has 0 spiro atoms. The maximum atomic E-state index is 11.0. The van der Waals surface area contributed by atoms with Gasteiger partial charge in [-0.05, 0) is 32.0 Å². The fourth-order valence-corrected chi connectivity index (χ4v) is 2.43. The first-order chi connectivity index (χ1) is 12.7. The number of aryl methyl sites for hydroxylation is 1. The Morgan fingerprint density at radius 2 is 1.78 bits per heavy atom. The van der Waals surface area contributed by atoms with Crippen molar-refractivity contribution < 1.29 is 29.5 Å². The van der Waals surface area contributed by atoms with Crippen LogP contribution in [0.15, 0.2) is 18.2 Å². The zero-order valence-electron chi connectivity index (χ0n) is 15.5. The van der Waals surface area contributed by atoms with Crippen LogP contribution in [-0.4, -0.2) is 83.3 Å². The second kappa shape index (κ2) is 11.1. The Morgan fingerprint density at radius 1 is 1.19 bits per heavy atom. The van der Waals surface area contributed by atoms with E-state index in [4.69, 9.17) is 24.5 Å². The van der Waals surface area contributed by atoms with Crippen LogP contribution in [0.1, 0.15) is 12.0 Å². The van der Waals surface area contributed by atoms with Gasteiger partial charge >= 0.3 is 17.6 Å². The van der Waals surface area contributed by atoms with Crippen molar-refractivity contribution in [3.8, 4) is 5.75 Å². The first kappa shape index (κ1) is 22.3. The Labute approximate surface area is 157 Å². The van der Waals surface area contributed by atoms with Crippen LogP contribution in [0, 0.1) is 17.0 Å². The maximum Gasteiger partial charge on any atom is 0.414 e. The highest BCUT2D eigenvalue weighted by atomic mass is 16.6. The van der Waals surface area contributed by atoms with Gasteiger partial charge in [0.1, 0.15) is 0 Å². The summed E-state index contributed by atoms with van der Waals surface area (Å²) in [6.45, 7) is 7.77. The number of nitro groups is 1. The van der Waals surface area contributed by atoms with Gasteiger partial charge < -0.3 is 24.7 Å². The lowest BCUT2D eigenvalue weighted by Crippen LogP contribution is -2.44. The van der Waals surface area contributed by atoms with E-state index in [0.29, 0.717) is 12.4 Å². The Bertz CT molecular complexity index is 646. The normalized spacial score (nSPS) is 14.7. The lowest BCUT2D eigenvalue weighted by atomic mass is 10.2. The topological polar surface area (TPSA) is 133 Å². The van der Waals surface area contributed by atoms with E-state index in [0.717, 1.165) is 44.7 Å². The van der Waals surface area contributed by atoms with E-state index in [-0.39, 0.29) is 5.69 Å². The number of nitrogens with zero attached hydrogens (tertiary/aromatic N) is 3. The highest BCUT2D eigenvalue weighted by Gasteiger charge is 2.16. The van der Waals surface area contributed by atoms with Crippen LogP contribution < -0.4 is 4.74 Å². The SMILES string of the molecule is Cc1ccc([N+](=O)[O-])c(OCCCN2CCN(C)CC2)c1.O=C(O)C(=O)O. The fourth-order valence-electron chi connectivity index (χ4n) is 2.43. The van der Waals surface area contributed by atoms with Gasteiger partial charge in [-0.3, -0.25) is 10.1 Å². The van der Waals surface area contributed by atoms with E-state index in [1.54, 1.807) is 12.1 Å². The van der Waals surface area contributed by atoms with Crippen LogP contribution in [-0.2, 0) is 9.59 Å². The molecular formula is C17H25N3O7. The maximum absolute atomic E-state index is 11.0. The molecule has 0 bridgehead atoms. The number of hydrogen-bond donors (Lipinski definition) is 2. The zero-order chi connectivity index (χ0) is 20.4. The quantitative estimate of drug-likeness (QED) is 0.320. The van der Waals surface area contributed by atoms with E-state index >= 15 is 0 Å². The number of aliphatic carboxylic acids is 2. The minimum absolute atomic E-state index is 0.0418. The molecule has 0 aromatic heterocycles. The van der Waals surface area contributed by atoms with Gasteiger partial charge in [0.15, 0.2) is 5.75 Å². The molecular weight excluding hydrogens is 358 g/mol. The predicted octanol–water partition coefficient (Wildman–Crippen LogP) is 1.08. The van der Waals surface area contributed by atoms with Gasteiger partial charge in [-0.25, -0.2) is 9.59 Å². The number of hydrogen-bond acceptors (Lipinski definition) is 7. The van der Waals surface area contributed by atoms with Gasteiger partial charge in [0, 0.05) is 38.8 Å². The Morgan fingerprint density at radius 3 is 2.30 bits per heavy atom. The van der Waals surface area contributed by atoms with E-state index in [1.807, 2.05) is 6.92 Å². The fraction of sp³-hybridized carbons (Fsp3) is 0.529. The van der Waals surface area contributed by atoms with Crippen LogP contribution in [0.3, 0.4) is 0 Å². The summed E-state index contributed by atoms with van der Waals surface area (Å²) in [6.07, 6.45) is 0.884. The monoisotopic (exact) mass is 383 g/mol. The molecule has 150 valence electrons. The Balaban J connectivity index is 0.000000527. The summed E-state index contributed by atoms with van der Waals surface area (Å²) >= 11 is 0. The van der Waals surface area contributed by atoms with Gasteiger partial charge in [-0.15, -0.1) is 0 Å². The molecule has 27 heavy (non-hydrogen) atoms. The molecule has 0 saturated carbocycles. The van der Waals surface area contributed by atoms with Crippen LogP contribution in [0.4, 0.5) is 5.69 Å². The molecule has 10 nitrogen and oxygen atoms in total. The molecule has 0 radical (unpaired) electrons. The highest BCUT2D eigenvalue weighted by Crippen LogP contribution is 2.27. The number of piperazine rings is 1. The smallest absolute Gasteiger partial charge is 0.414 e. The van der Waals surface area contributed by atoms with E-state index in [9.17, 15) is 10.1 Å². The minimum atomic E-state index is -1.82. The largest absolute Gasteiger partial charge is 0.487 e. The van der Waals surface area contributed by atoms with Crippen molar-refractivity contribution in [1.29, 1.82) is 0 Å². The molecule has 0 atom stereocenters. The molecule has 1 aromatic rings. The van der Waals surface area contributed by atoms with Gasteiger partial charge in [0.25, 0.3) is 0 Å². The summed E-state index contributed by atoms with van der Waals surface area (Å²) in [7, 11) is 2.14. The van der Waals surface area contributed by atoms with Crippen molar-refractivity contribution in [1.82, 2.24) is 9.80 Å². The van der Waals surface area contributed by atoms with Crippen LogP contribution in [0.2, 0.25) is 0 Å². The van der Waals surface area contributed by atoms with Crippen molar-refractivity contribution >= 4 is 17.6 Å². The van der Waals surface area contributed by atoms with E-state index < -0.39 is 16.9 Å². The second-order valence-corrected chi connectivity index (χ2v) is 6.19. The van der Waals surface area contributed by atoms with Crippen LogP contribution >= 0.6 is 0 Å². The molecule has 1 saturated heterocycles.